The molecule has 2 N–H and O–H groups in total. The van der Waals surface area contributed by atoms with Gasteiger partial charge in [0.15, 0.2) is 0 Å². The molecule has 0 fully saturated rings. The van der Waals surface area contributed by atoms with Gasteiger partial charge in [-0.3, -0.25) is 10.5 Å². The van der Waals surface area contributed by atoms with Crippen molar-refractivity contribution in [2.75, 3.05) is 0 Å². The van der Waals surface area contributed by atoms with Gasteiger partial charge in [-0.15, -0.1) is 0 Å². The van der Waals surface area contributed by atoms with Crippen LogP contribution in [0.4, 0.5) is 0 Å². The van der Waals surface area contributed by atoms with Gasteiger partial charge in [0.2, 0.25) is 0 Å². The molecule has 4 heavy (non-hydrogen) atoms. The third-order valence-electron chi connectivity index (χ3n) is 0. The fraction of sp³-hybridized carbons (Fsp3) is 0. The van der Waals surface area contributed by atoms with E-state index in [9.17, 15) is 0 Å². The van der Waals surface area contributed by atoms with Gasteiger partial charge in [-0.05, 0) is 0 Å². The van der Waals surface area contributed by atoms with Crippen LogP contribution in [0.5, 0.6) is 0 Å². The predicted octanol–water partition coefficient (Wildman–Crippen LogP) is -0.744. The molecule has 0 atom stereocenters. The van der Waals surface area contributed by atoms with Crippen molar-refractivity contribution in [1.82, 2.24) is 0 Å². The van der Waals surface area contributed by atoms with Crippen molar-refractivity contribution < 1.29 is 10.5 Å². The topological polar surface area (TPSA) is 40.5 Å². The van der Waals surface area contributed by atoms with E-state index >= 15 is 0 Å². The van der Waals surface area contributed by atoms with E-state index in [0.717, 1.165) is 0 Å². The monoisotopic (exact) mass is 112 g/mol. The third-order valence-corrected chi connectivity index (χ3v) is 0. The molecule has 0 spiro atoms. The second kappa shape index (κ2) is 16.4. The van der Waals surface area contributed by atoms with Crippen LogP contribution in [-0.2, 0) is 0 Å². The summed E-state index contributed by atoms with van der Waals surface area (Å²) in [5.74, 6) is 0. The van der Waals surface area contributed by atoms with Gasteiger partial charge in [-0.2, -0.15) is 0 Å². The minimum Gasteiger partial charge on any atom is -0.255 e. The maximum absolute atomic E-state index is 6.00. The average molecular weight is 112 g/mol. The molecule has 16 valence electrons. The van der Waals surface area contributed by atoms with Crippen LogP contribution < -0.4 is 0 Å². The Balaban J connectivity index is -0.00000000500. The van der Waals surface area contributed by atoms with E-state index in [2.05, 4.69) is 0 Å². The molecule has 0 bridgehead atoms. The molecule has 0 amide bonds. The molecular formula is H2K2O2. The van der Waals surface area contributed by atoms with Crippen LogP contribution in [0, 0.1) is 0 Å². The molecule has 0 aromatic rings. The summed E-state index contributed by atoms with van der Waals surface area (Å²) in [5, 5.41) is 12.0. The molecular weight excluding hydrogens is 110 g/mol. The molecule has 2 nitrogen and oxygen atoms in total. The minimum absolute atomic E-state index is 0. The van der Waals surface area contributed by atoms with Gasteiger partial charge < -0.3 is 0 Å². The smallest absolute Gasteiger partial charge is 0 e. The minimum atomic E-state index is 0. The van der Waals surface area contributed by atoms with E-state index in [-0.39, 0.29) is 103 Å². The van der Waals surface area contributed by atoms with E-state index in [1.807, 2.05) is 0 Å². The van der Waals surface area contributed by atoms with Crippen LogP contribution in [0.15, 0.2) is 0 Å². The maximum atomic E-state index is 6.00. The van der Waals surface area contributed by atoms with Gasteiger partial charge in [0.1, 0.15) is 0 Å². The molecule has 4 heteroatoms. The summed E-state index contributed by atoms with van der Waals surface area (Å²) in [6.45, 7) is 0. The van der Waals surface area contributed by atoms with Gasteiger partial charge >= 0.3 is 0 Å². The Kier molecular flexibility index (Phi) is 64.3. The Bertz CT molecular complexity index is 4.00. The van der Waals surface area contributed by atoms with E-state index < -0.39 is 0 Å². The summed E-state index contributed by atoms with van der Waals surface area (Å²) in [7, 11) is 0. The van der Waals surface area contributed by atoms with Gasteiger partial charge in [0, 0.05) is 103 Å². The largest absolute Gasteiger partial charge is 0.255 e. The van der Waals surface area contributed by atoms with Crippen molar-refractivity contribution in [3.05, 3.63) is 0 Å². The summed E-state index contributed by atoms with van der Waals surface area (Å²) in [6, 6.07) is 0. The quantitative estimate of drug-likeness (QED) is 0.246. The molecule has 2 radical (unpaired) electrons. The number of hydrogen-bond donors (Lipinski definition) is 2. The van der Waals surface area contributed by atoms with E-state index in [4.69, 9.17) is 10.5 Å². The van der Waals surface area contributed by atoms with Crippen LogP contribution >= 0.6 is 0 Å². The van der Waals surface area contributed by atoms with Crippen LogP contribution in [0.25, 0.3) is 0 Å². The van der Waals surface area contributed by atoms with Crippen molar-refractivity contribution in [1.29, 1.82) is 0 Å². The fourth-order valence-electron chi connectivity index (χ4n) is 0. The molecule has 0 aromatic carbocycles. The van der Waals surface area contributed by atoms with Crippen molar-refractivity contribution >= 4 is 103 Å². The fourth-order valence-corrected chi connectivity index (χ4v) is 0. The normalized spacial score (nSPS) is 1.50. The Morgan fingerprint density at radius 3 is 0.750 bits per heavy atom. The standard InChI is InChI=1S/2K.H2O2/c;;1-2/h;;1-2H. The zero-order valence-electron chi connectivity index (χ0n) is 2.89. The van der Waals surface area contributed by atoms with Gasteiger partial charge in [-0.1, -0.05) is 0 Å². The van der Waals surface area contributed by atoms with E-state index in [1.165, 1.54) is 0 Å². The van der Waals surface area contributed by atoms with E-state index in [0.29, 0.717) is 0 Å². The summed E-state index contributed by atoms with van der Waals surface area (Å²) in [4.78, 5) is 0. The second-order valence-corrected chi connectivity index (χ2v) is 0. The molecule has 0 unspecified atom stereocenters. The average Bonchev–Trinajstić information content (AvgIpc) is 1.00. The first-order valence-corrected chi connectivity index (χ1v) is 0.200. The molecule has 0 saturated heterocycles. The van der Waals surface area contributed by atoms with Crippen molar-refractivity contribution in [3.8, 4) is 0 Å². The molecule has 0 aromatic heterocycles. The molecule has 0 heterocycles. The molecule has 0 aliphatic heterocycles. The van der Waals surface area contributed by atoms with Crippen LogP contribution in [0.2, 0.25) is 0 Å². The van der Waals surface area contributed by atoms with Gasteiger partial charge in [0.05, 0.1) is 0 Å². The summed E-state index contributed by atoms with van der Waals surface area (Å²) in [5.41, 5.74) is 0. The maximum Gasteiger partial charge on any atom is 0 e. The number of rotatable bonds is 0. The molecule has 0 saturated carbocycles. The predicted molar refractivity (Wildman–Crippen MR) is 16.8 cm³/mol. The van der Waals surface area contributed by atoms with Crippen molar-refractivity contribution in [2.24, 2.45) is 0 Å². The Hall–Kier alpha value is 3.19. The van der Waals surface area contributed by atoms with Crippen LogP contribution in [0.1, 0.15) is 0 Å². The second-order valence-electron chi connectivity index (χ2n) is 0. The Labute approximate surface area is 110 Å². The first kappa shape index (κ1) is 15.7. The summed E-state index contributed by atoms with van der Waals surface area (Å²) >= 11 is 0. The van der Waals surface area contributed by atoms with E-state index in [1.54, 1.807) is 0 Å². The molecule has 0 rings (SSSR count). The first-order chi connectivity index (χ1) is 1.00. The Morgan fingerprint density at radius 1 is 0.750 bits per heavy atom. The molecule has 0 aliphatic carbocycles. The summed E-state index contributed by atoms with van der Waals surface area (Å²) in [6.07, 6.45) is 0. The van der Waals surface area contributed by atoms with Crippen LogP contribution in [-0.4, -0.2) is 113 Å². The zero-order chi connectivity index (χ0) is 2.00. The summed E-state index contributed by atoms with van der Waals surface area (Å²) < 4.78 is 0. The number of hydrogen-bond acceptors (Lipinski definition) is 2. The van der Waals surface area contributed by atoms with Crippen LogP contribution in [0.3, 0.4) is 0 Å². The SMILES string of the molecule is OO.[K].[K]. The van der Waals surface area contributed by atoms with Crippen molar-refractivity contribution in [2.45, 2.75) is 0 Å². The third kappa shape index (κ3) is 8.95. The zero-order valence-corrected chi connectivity index (χ0v) is 9.14. The molecule has 0 aliphatic rings. The first-order valence-electron chi connectivity index (χ1n) is 0.200. The van der Waals surface area contributed by atoms with Gasteiger partial charge in [0.25, 0.3) is 0 Å². The Morgan fingerprint density at radius 2 is 0.750 bits per heavy atom. The van der Waals surface area contributed by atoms with Crippen molar-refractivity contribution in [3.63, 3.8) is 0 Å². The van der Waals surface area contributed by atoms with Gasteiger partial charge in [-0.25, -0.2) is 0 Å².